The first-order chi connectivity index (χ1) is 17.3. The van der Waals surface area contributed by atoms with Crippen LogP contribution in [-0.4, -0.2) is 45.7 Å². The second-order valence-corrected chi connectivity index (χ2v) is 12.2. The number of carbonyl (C=O) groups excluding carboxylic acids is 3. The maximum Gasteiger partial charge on any atom is 0.421 e. The van der Waals surface area contributed by atoms with Crippen LogP contribution in [0.1, 0.15) is 58.4 Å². The molecule has 0 saturated heterocycles. The number of carbonyl (C=O) groups is 3. The number of hydrogen-bond donors (Lipinski definition) is 1. The van der Waals surface area contributed by atoms with Crippen molar-refractivity contribution >= 4 is 50.6 Å². The standard InChI is InChI=1S/C28H30BrN3O5/c1-26(2,3)36-24(34)31-15-14-17-16-10-7-8-12-19(16)30-22(17)28(31)21-18(29)11-9-13-20(21)32(23(28)33)25(35)37-27(4,5)6/h7-13,30H,14-15H2,1-6H3/t28-/m1/s1. The van der Waals surface area contributed by atoms with Gasteiger partial charge in [0.05, 0.1) is 11.4 Å². The number of anilines is 1. The van der Waals surface area contributed by atoms with Gasteiger partial charge in [-0.25, -0.2) is 14.5 Å². The molecule has 8 nitrogen and oxygen atoms in total. The molecule has 0 saturated carbocycles. The molecule has 3 heterocycles. The summed E-state index contributed by atoms with van der Waals surface area (Å²) in [5.41, 5.74) is -0.119. The van der Waals surface area contributed by atoms with E-state index in [9.17, 15) is 14.4 Å². The first-order valence-corrected chi connectivity index (χ1v) is 13.0. The number of fused-ring (bicyclic) bond motifs is 6. The normalized spacial score (nSPS) is 19.3. The number of benzene rings is 2. The third-order valence-electron chi connectivity index (χ3n) is 6.46. The molecule has 0 unspecified atom stereocenters. The SMILES string of the molecule is CC(C)(C)OC(=O)N1C(=O)[C@]2(c3[nH]c4ccccc4c3CCN2C(=O)OC(C)(C)C)c2c(Br)cccc21. The third kappa shape index (κ3) is 3.91. The zero-order chi connectivity index (χ0) is 26.9. The van der Waals surface area contributed by atoms with Crippen molar-refractivity contribution in [3.8, 4) is 0 Å². The minimum atomic E-state index is -1.67. The lowest BCUT2D eigenvalue weighted by atomic mass is 9.80. The minimum absolute atomic E-state index is 0.221. The molecular weight excluding hydrogens is 538 g/mol. The van der Waals surface area contributed by atoms with E-state index in [0.717, 1.165) is 21.4 Å². The summed E-state index contributed by atoms with van der Waals surface area (Å²) in [5, 5.41) is 0.970. The van der Waals surface area contributed by atoms with E-state index in [4.69, 9.17) is 9.47 Å². The summed E-state index contributed by atoms with van der Waals surface area (Å²) in [6.45, 7) is 10.8. The molecule has 1 aromatic heterocycles. The van der Waals surface area contributed by atoms with Gasteiger partial charge in [0.1, 0.15) is 11.2 Å². The van der Waals surface area contributed by atoms with Gasteiger partial charge in [-0.1, -0.05) is 40.2 Å². The van der Waals surface area contributed by atoms with Crippen molar-refractivity contribution < 1.29 is 23.9 Å². The fourth-order valence-electron chi connectivity index (χ4n) is 5.25. The predicted molar refractivity (Wildman–Crippen MR) is 144 cm³/mol. The lowest BCUT2D eigenvalue weighted by Crippen LogP contribution is -2.60. The highest BCUT2D eigenvalue weighted by Gasteiger charge is 2.64. The summed E-state index contributed by atoms with van der Waals surface area (Å²) in [5.74, 6) is -0.595. The molecule has 37 heavy (non-hydrogen) atoms. The Labute approximate surface area is 224 Å². The topological polar surface area (TPSA) is 91.9 Å². The lowest BCUT2D eigenvalue weighted by Gasteiger charge is -2.43. The highest BCUT2D eigenvalue weighted by Crippen LogP contribution is 2.54. The first-order valence-electron chi connectivity index (χ1n) is 12.2. The van der Waals surface area contributed by atoms with Crippen LogP contribution >= 0.6 is 15.9 Å². The lowest BCUT2D eigenvalue weighted by molar-refractivity contribution is -0.128. The fourth-order valence-corrected chi connectivity index (χ4v) is 5.89. The van der Waals surface area contributed by atoms with E-state index in [2.05, 4.69) is 20.9 Å². The van der Waals surface area contributed by atoms with Crippen LogP contribution in [-0.2, 0) is 26.2 Å². The number of nitrogens with zero attached hydrogens (tertiary/aromatic N) is 2. The Morgan fingerprint density at radius 1 is 0.946 bits per heavy atom. The summed E-state index contributed by atoms with van der Waals surface area (Å²) in [6.07, 6.45) is -0.932. The first kappa shape index (κ1) is 25.3. The van der Waals surface area contributed by atoms with Crippen LogP contribution in [0.2, 0.25) is 0 Å². The number of aromatic amines is 1. The van der Waals surface area contributed by atoms with Crippen molar-refractivity contribution in [2.75, 3.05) is 11.4 Å². The summed E-state index contributed by atoms with van der Waals surface area (Å²) in [4.78, 5) is 47.8. The second-order valence-electron chi connectivity index (χ2n) is 11.4. The number of imide groups is 1. The van der Waals surface area contributed by atoms with E-state index < -0.39 is 34.8 Å². The molecule has 0 radical (unpaired) electrons. The Morgan fingerprint density at radius 3 is 2.27 bits per heavy atom. The molecule has 1 atom stereocenters. The summed E-state index contributed by atoms with van der Waals surface area (Å²) >= 11 is 3.63. The van der Waals surface area contributed by atoms with Gasteiger partial charge in [0.2, 0.25) is 0 Å². The van der Waals surface area contributed by atoms with Gasteiger partial charge >= 0.3 is 12.2 Å². The van der Waals surface area contributed by atoms with Crippen molar-refractivity contribution in [1.82, 2.24) is 9.88 Å². The highest BCUT2D eigenvalue weighted by molar-refractivity contribution is 9.10. The summed E-state index contributed by atoms with van der Waals surface area (Å²) in [7, 11) is 0. The number of nitrogens with one attached hydrogen (secondary N) is 1. The van der Waals surface area contributed by atoms with Crippen LogP contribution in [0, 0.1) is 0 Å². The molecule has 2 aromatic carbocycles. The average molecular weight is 568 g/mol. The number of halogens is 1. The van der Waals surface area contributed by atoms with Gasteiger partial charge in [0, 0.05) is 27.5 Å². The minimum Gasteiger partial charge on any atom is -0.444 e. The number of hydrogen-bond acceptors (Lipinski definition) is 5. The number of aromatic nitrogens is 1. The summed E-state index contributed by atoms with van der Waals surface area (Å²) in [6, 6.07) is 13.0. The van der Waals surface area contributed by atoms with E-state index in [1.807, 2.05) is 24.3 Å². The van der Waals surface area contributed by atoms with Crippen LogP contribution in [0.4, 0.5) is 15.3 Å². The average Bonchev–Trinajstić information content (AvgIpc) is 3.27. The monoisotopic (exact) mass is 567 g/mol. The molecule has 5 rings (SSSR count). The number of amides is 3. The Bertz CT molecular complexity index is 1450. The fraction of sp³-hybridized carbons (Fsp3) is 0.393. The molecule has 2 aliphatic heterocycles. The van der Waals surface area contributed by atoms with Gasteiger partial charge in [-0.2, -0.15) is 0 Å². The molecule has 0 bridgehead atoms. The van der Waals surface area contributed by atoms with Gasteiger partial charge < -0.3 is 14.5 Å². The molecule has 0 aliphatic carbocycles. The van der Waals surface area contributed by atoms with Gasteiger partial charge in [-0.05, 0) is 71.7 Å². The Morgan fingerprint density at radius 2 is 1.59 bits per heavy atom. The Kier molecular flexibility index (Phi) is 5.71. The molecule has 0 fully saturated rings. The van der Waals surface area contributed by atoms with Crippen molar-refractivity contribution in [2.45, 2.75) is 64.7 Å². The third-order valence-corrected chi connectivity index (χ3v) is 7.12. The number of ether oxygens (including phenoxy) is 2. The second kappa shape index (κ2) is 8.34. The van der Waals surface area contributed by atoms with Crippen LogP contribution < -0.4 is 4.90 Å². The number of rotatable bonds is 0. The molecule has 3 aromatic rings. The molecule has 9 heteroatoms. The van der Waals surface area contributed by atoms with Crippen molar-refractivity contribution in [1.29, 1.82) is 0 Å². The largest absolute Gasteiger partial charge is 0.444 e. The molecule has 1 N–H and O–H groups in total. The van der Waals surface area contributed by atoms with Gasteiger partial charge in [0.25, 0.3) is 5.91 Å². The van der Waals surface area contributed by atoms with Crippen molar-refractivity contribution in [3.05, 3.63) is 63.8 Å². The van der Waals surface area contributed by atoms with E-state index in [1.54, 1.807) is 59.7 Å². The molecule has 2 aliphatic rings. The van der Waals surface area contributed by atoms with Gasteiger partial charge in [-0.15, -0.1) is 0 Å². The zero-order valence-electron chi connectivity index (χ0n) is 21.8. The molecule has 1 spiro atoms. The highest BCUT2D eigenvalue weighted by atomic mass is 79.9. The molecular formula is C28H30BrN3O5. The van der Waals surface area contributed by atoms with Gasteiger partial charge in [0.15, 0.2) is 5.54 Å². The molecule has 3 amide bonds. The van der Waals surface area contributed by atoms with Crippen LogP contribution in [0.15, 0.2) is 46.9 Å². The van der Waals surface area contributed by atoms with E-state index in [-0.39, 0.29) is 6.54 Å². The maximum atomic E-state index is 14.7. The van der Waals surface area contributed by atoms with Crippen LogP contribution in [0.25, 0.3) is 10.9 Å². The number of H-pyrrole nitrogens is 1. The quantitative estimate of drug-likeness (QED) is 0.346. The van der Waals surface area contributed by atoms with Crippen molar-refractivity contribution in [3.63, 3.8) is 0 Å². The van der Waals surface area contributed by atoms with E-state index in [1.165, 1.54) is 4.90 Å². The van der Waals surface area contributed by atoms with E-state index in [0.29, 0.717) is 27.8 Å². The maximum absolute atomic E-state index is 14.7. The van der Waals surface area contributed by atoms with Crippen LogP contribution in [0.3, 0.4) is 0 Å². The summed E-state index contributed by atoms with van der Waals surface area (Å²) < 4.78 is 12.0. The smallest absolute Gasteiger partial charge is 0.421 e. The zero-order valence-corrected chi connectivity index (χ0v) is 23.4. The van der Waals surface area contributed by atoms with E-state index >= 15 is 0 Å². The van der Waals surface area contributed by atoms with Crippen LogP contribution in [0.5, 0.6) is 0 Å². The van der Waals surface area contributed by atoms with Crippen molar-refractivity contribution in [2.24, 2.45) is 0 Å². The molecule has 194 valence electrons. The van der Waals surface area contributed by atoms with Gasteiger partial charge in [-0.3, -0.25) is 9.69 Å². The predicted octanol–water partition coefficient (Wildman–Crippen LogP) is 6.25. The Hall–Kier alpha value is -3.33. The number of para-hydroxylation sites is 1. The Balaban J connectivity index is 1.82.